The van der Waals surface area contributed by atoms with Crippen LogP contribution in [0.15, 0.2) is 48.5 Å². The van der Waals surface area contributed by atoms with E-state index in [0.29, 0.717) is 29.8 Å². The Hall–Kier alpha value is -2.82. The van der Waals surface area contributed by atoms with E-state index in [1.54, 1.807) is 0 Å². The molecule has 0 unspecified atom stereocenters. The highest BCUT2D eigenvalue weighted by molar-refractivity contribution is 5.94. The first-order valence-electron chi connectivity index (χ1n) is 11.6. The summed E-state index contributed by atoms with van der Waals surface area (Å²) in [5.41, 5.74) is 3.19. The summed E-state index contributed by atoms with van der Waals surface area (Å²) in [6, 6.07) is 16.2. The SMILES string of the molecule is O=C(COc1ccc(CCNC(=O)c2ccc(C3CCCCC3)cc2)cc1)NC1CC1. The van der Waals surface area contributed by atoms with Gasteiger partial charge in [0.05, 0.1) is 0 Å². The van der Waals surface area contributed by atoms with Crippen molar-refractivity contribution in [2.45, 2.75) is 63.3 Å². The van der Waals surface area contributed by atoms with E-state index in [2.05, 4.69) is 22.8 Å². The van der Waals surface area contributed by atoms with Gasteiger partial charge in [0.25, 0.3) is 11.8 Å². The molecule has 0 atom stereocenters. The van der Waals surface area contributed by atoms with Crippen LogP contribution in [-0.4, -0.2) is 31.0 Å². The third kappa shape index (κ3) is 6.58. The van der Waals surface area contributed by atoms with Gasteiger partial charge >= 0.3 is 0 Å². The number of amides is 2. The molecule has 2 aliphatic carbocycles. The van der Waals surface area contributed by atoms with Crippen molar-refractivity contribution in [3.63, 3.8) is 0 Å². The second-order valence-corrected chi connectivity index (χ2v) is 8.74. The van der Waals surface area contributed by atoms with E-state index in [-0.39, 0.29) is 18.4 Å². The van der Waals surface area contributed by atoms with Crippen LogP contribution in [0, 0.1) is 0 Å². The lowest BCUT2D eigenvalue weighted by molar-refractivity contribution is -0.123. The molecule has 164 valence electrons. The summed E-state index contributed by atoms with van der Waals surface area (Å²) in [5.74, 6) is 1.24. The Morgan fingerprint density at radius 1 is 0.871 bits per heavy atom. The predicted octanol–water partition coefficient (Wildman–Crippen LogP) is 4.36. The minimum Gasteiger partial charge on any atom is -0.484 e. The van der Waals surface area contributed by atoms with Gasteiger partial charge in [-0.15, -0.1) is 0 Å². The van der Waals surface area contributed by atoms with Crippen LogP contribution < -0.4 is 15.4 Å². The Labute approximate surface area is 184 Å². The highest BCUT2D eigenvalue weighted by Crippen LogP contribution is 2.32. The average molecular weight is 421 g/mol. The minimum absolute atomic E-state index is 0.0307. The molecule has 0 aliphatic heterocycles. The lowest BCUT2D eigenvalue weighted by Gasteiger charge is -2.22. The molecule has 2 aromatic carbocycles. The molecular weight excluding hydrogens is 388 g/mol. The van der Waals surface area contributed by atoms with E-state index in [4.69, 9.17) is 4.74 Å². The molecule has 2 aromatic rings. The first-order valence-corrected chi connectivity index (χ1v) is 11.6. The molecule has 0 bridgehead atoms. The van der Waals surface area contributed by atoms with Crippen LogP contribution in [0.25, 0.3) is 0 Å². The summed E-state index contributed by atoms with van der Waals surface area (Å²) in [6.45, 7) is 0.624. The molecule has 2 aliphatic rings. The number of benzene rings is 2. The normalized spacial score (nSPS) is 16.5. The highest BCUT2D eigenvalue weighted by atomic mass is 16.5. The lowest BCUT2D eigenvalue weighted by Crippen LogP contribution is -2.30. The molecule has 2 N–H and O–H groups in total. The van der Waals surface area contributed by atoms with Crippen molar-refractivity contribution in [2.75, 3.05) is 13.2 Å². The highest BCUT2D eigenvalue weighted by Gasteiger charge is 2.23. The van der Waals surface area contributed by atoms with Gasteiger partial charge in [-0.2, -0.15) is 0 Å². The molecule has 2 amide bonds. The number of hydrogen-bond acceptors (Lipinski definition) is 3. The fourth-order valence-electron chi connectivity index (χ4n) is 4.16. The first-order chi connectivity index (χ1) is 15.2. The molecule has 0 spiro atoms. The Balaban J connectivity index is 1.18. The molecule has 0 radical (unpaired) electrons. The zero-order valence-electron chi connectivity index (χ0n) is 18.1. The number of carbonyl (C=O) groups is 2. The van der Waals surface area contributed by atoms with E-state index in [9.17, 15) is 9.59 Å². The molecule has 0 saturated heterocycles. The van der Waals surface area contributed by atoms with Crippen molar-refractivity contribution in [1.82, 2.24) is 10.6 Å². The summed E-state index contributed by atoms with van der Waals surface area (Å²) in [4.78, 5) is 24.1. The Kier molecular flexibility index (Phi) is 7.23. The number of nitrogens with one attached hydrogen (secondary N) is 2. The van der Waals surface area contributed by atoms with Crippen LogP contribution in [0.1, 0.15) is 72.3 Å². The number of ether oxygens (including phenoxy) is 1. The van der Waals surface area contributed by atoms with Crippen LogP contribution >= 0.6 is 0 Å². The molecule has 0 heterocycles. The zero-order valence-corrected chi connectivity index (χ0v) is 18.1. The second kappa shape index (κ2) is 10.5. The van der Waals surface area contributed by atoms with Crippen molar-refractivity contribution in [2.24, 2.45) is 0 Å². The van der Waals surface area contributed by atoms with Crippen LogP contribution in [0.3, 0.4) is 0 Å². The Morgan fingerprint density at radius 3 is 2.26 bits per heavy atom. The molecule has 5 nitrogen and oxygen atoms in total. The molecule has 2 fully saturated rings. The smallest absolute Gasteiger partial charge is 0.258 e. The van der Waals surface area contributed by atoms with Gasteiger partial charge in [0.1, 0.15) is 5.75 Å². The van der Waals surface area contributed by atoms with Gasteiger partial charge in [-0.25, -0.2) is 0 Å². The molecule has 2 saturated carbocycles. The van der Waals surface area contributed by atoms with Gasteiger partial charge in [0.15, 0.2) is 6.61 Å². The van der Waals surface area contributed by atoms with E-state index >= 15 is 0 Å². The summed E-state index contributed by atoms with van der Waals surface area (Å²) < 4.78 is 5.52. The summed E-state index contributed by atoms with van der Waals surface area (Å²) in [7, 11) is 0. The van der Waals surface area contributed by atoms with Crippen LogP contribution in [-0.2, 0) is 11.2 Å². The fourth-order valence-corrected chi connectivity index (χ4v) is 4.16. The summed E-state index contributed by atoms with van der Waals surface area (Å²) in [5, 5.41) is 5.90. The Morgan fingerprint density at radius 2 is 1.58 bits per heavy atom. The third-order valence-electron chi connectivity index (χ3n) is 6.18. The van der Waals surface area contributed by atoms with Crippen molar-refractivity contribution < 1.29 is 14.3 Å². The summed E-state index contributed by atoms with van der Waals surface area (Å²) >= 11 is 0. The molecule has 4 rings (SSSR count). The standard InChI is InChI=1S/C26H32N2O3/c29-25(28-23-12-13-23)18-31-24-14-6-19(7-15-24)16-17-27-26(30)22-10-8-21(9-11-22)20-4-2-1-3-5-20/h6-11,14-15,20,23H,1-5,12-13,16-18H2,(H,27,30)(H,28,29). The molecular formula is C26H32N2O3. The molecule has 0 aromatic heterocycles. The van der Waals surface area contributed by atoms with Gasteiger partial charge < -0.3 is 15.4 Å². The van der Waals surface area contributed by atoms with Crippen LogP contribution in [0.5, 0.6) is 5.75 Å². The van der Waals surface area contributed by atoms with Gasteiger partial charge in [-0.1, -0.05) is 43.5 Å². The predicted molar refractivity (Wildman–Crippen MR) is 121 cm³/mol. The van der Waals surface area contributed by atoms with Gasteiger partial charge in [0.2, 0.25) is 0 Å². The summed E-state index contributed by atoms with van der Waals surface area (Å²) in [6.07, 6.45) is 9.40. The van der Waals surface area contributed by atoms with E-state index < -0.39 is 0 Å². The minimum atomic E-state index is -0.0685. The number of hydrogen-bond donors (Lipinski definition) is 2. The average Bonchev–Trinajstić information content (AvgIpc) is 3.63. The van der Waals surface area contributed by atoms with Crippen molar-refractivity contribution in [3.05, 3.63) is 65.2 Å². The maximum absolute atomic E-state index is 12.4. The van der Waals surface area contributed by atoms with E-state index in [1.165, 1.54) is 37.7 Å². The Bertz CT molecular complexity index is 867. The van der Waals surface area contributed by atoms with Crippen molar-refractivity contribution >= 4 is 11.8 Å². The third-order valence-corrected chi connectivity index (χ3v) is 6.18. The molecule has 31 heavy (non-hydrogen) atoms. The van der Waals surface area contributed by atoms with Gasteiger partial charge in [0, 0.05) is 18.2 Å². The number of carbonyl (C=O) groups excluding carboxylic acids is 2. The van der Waals surface area contributed by atoms with Crippen LogP contribution in [0.2, 0.25) is 0 Å². The fraction of sp³-hybridized carbons (Fsp3) is 0.462. The maximum atomic E-state index is 12.4. The van der Waals surface area contributed by atoms with Crippen molar-refractivity contribution in [1.29, 1.82) is 0 Å². The lowest BCUT2D eigenvalue weighted by atomic mass is 9.84. The van der Waals surface area contributed by atoms with Crippen molar-refractivity contribution in [3.8, 4) is 5.75 Å². The van der Waals surface area contributed by atoms with Crippen LogP contribution in [0.4, 0.5) is 0 Å². The second-order valence-electron chi connectivity index (χ2n) is 8.74. The zero-order chi connectivity index (χ0) is 21.5. The largest absolute Gasteiger partial charge is 0.484 e. The topological polar surface area (TPSA) is 67.4 Å². The maximum Gasteiger partial charge on any atom is 0.258 e. The van der Waals surface area contributed by atoms with E-state index in [1.807, 2.05) is 36.4 Å². The van der Waals surface area contributed by atoms with Gasteiger partial charge in [-0.05, 0) is 73.4 Å². The number of rotatable bonds is 9. The monoisotopic (exact) mass is 420 g/mol. The van der Waals surface area contributed by atoms with Gasteiger partial charge in [-0.3, -0.25) is 9.59 Å². The quantitative estimate of drug-likeness (QED) is 0.633. The first kappa shape index (κ1) is 21.4. The molecule has 5 heteroatoms. The van der Waals surface area contributed by atoms with E-state index in [0.717, 1.165) is 24.8 Å².